The molecule has 0 aliphatic carbocycles. The summed E-state index contributed by atoms with van der Waals surface area (Å²) < 4.78 is 0. The summed E-state index contributed by atoms with van der Waals surface area (Å²) in [6.07, 6.45) is 20.8. The van der Waals surface area contributed by atoms with Crippen molar-refractivity contribution in [1.82, 2.24) is 10.6 Å². The van der Waals surface area contributed by atoms with Crippen LogP contribution in [0.3, 0.4) is 0 Å². The quantitative estimate of drug-likeness (QED) is 0.117. The summed E-state index contributed by atoms with van der Waals surface area (Å²) in [7, 11) is 0. The molecule has 0 spiro atoms. The number of hydrogen-bond acceptors (Lipinski definition) is 3. The minimum Gasteiger partial charge on any atom is -0.481 e. The van der Waals surface area contributed by atoms with Gasteiger partial charge in [-0.3, -0.25) is 14.4 Å². The fraction of sp³-hybridized carbons (Fsp3) is 0.897. The van der Waals surface area contributed by atoms with Crippen LogP contribution in [0.5, 0.6) is 0 Å². The predicted octanol–water partition coefficient (Wildman–Crippen LogP) is 7.15. The Kier molecular flexibility index (Phi) is 23.0. The molecule has 0 bridgehead atoms. The highest BCUT2D eigenvalue weighted by atomic mass is 16.4. The third-order valence-electron chi connectivity index (χ3n) is 6.48. The number of carboxylic acid groups (broad SMARTS) is 1. The molecular weight excluding hydrogens is 440 g/mol. The lowest BCUT2D eigenvalue weighted by Gasteiger charge is -2.20. The van der Waals surface area contributed by atoms with Crippen molar-refractivity contribution in [2.24, 2.45) is 5.92 Å². The summed E-state index contributed by atoms with van der Waals surface area (Å²) in [4.78, 5) is 35.5. The normalized spacial score (nSPS) is 12.0. The number of hydrogen-bond donors (Lipinski definition) is 3. The Morgan fingerprint density at radius 1 is 0.657 bits per heavy atom. The van der Waals surface area contributed by atoms with E-state index >= 15 is 0 Å². The van der Waals surface area contributed by atoms with Crippen LogP contribution in [0.25, 0.3) is 0 Å². The number of carbonyl (C=O) groups is 3. The smallest absolute Gasteiger partial charge is 0.303 e. The Labute approximate surface area is 215 Å². The first-order chi connectivity index (χ1) is 16.9. The maximum atomic E-state index is 12.7. The molecule has 206 valence electrons. The number of carboxylic acids is 1. The van der Waals surface area contributed by atoms with E-state index in [0.717, 1.165) is 64.2 Å². The highest BCUT2D eigenvalue weighted by Crippen LogP contribution is 2.12. The Morgan fingerprint density at radius 2 is 1.11 bits per heavy atom. The summed E-state index contributed by atoms with van der Waals surface area (Å²) >= 11 is 0. The third kappa shape index (κ3) is 23.9. The molecule has 6 nitrogen and oxygen atoms in total. The molecule has 0 aromatic carbocycles. The molecule has 0 saturated heterocycles. The SMILES string of the molecule is CCCCCCCCCCCC(=O)N[C@H](CC(C)C)C(=O)NCCCCCCCCCCC(=O)O. The molecule has 0 saturated carbocycles. The van der Waals surface area contributed by atoms with Crippen LogP contribution in [0, 0.1) is 5.92 Å². The fourth-order valence-corrected chi connectivity index (χ4v) is 4.36. The molecule has 0 aromatic heterocycles. The van der Waals surface area contributed by atoms with E-state index in [-0.39, 0.29) is 18.2 Å². The second kappa shape index (κ2) is 24.1. The summed E-state index contributed by atoms with van der Waals surface area (Å²) in [5, 5.41) is 14.6. The topological polar surface area (TPSA) is 95.5 Å². The lowest BCUT2D eigenvalue weighted by atomic mass is 10.0. The van der Waals surface area contributed by atoms with Crippen LogP contribution in [0.2, 0.25) is 0 Å². The zero-order chi connectivity index (χ0) is 26.2. The van der Waals surface area contributed by atoms with Gasteiger partial charge in [0.1, 0.15) is 6.04 Å². The van der Waals surface area contributed by atoms with E-state index < -0.39 is 12.0 Å². The Hall–Kier alpha value is -1.59. The Morgan fingerprint density at radius 3 is 1.60 bits per heavy atom. The van der Waals surface area contributed by atoms with Gasteiger partial charge in [0.05, 0.1) is 0 Å². The average Bonchev–Trinajstić information content (AvgIpc) is 2.80. The maximum Gasteiger partial charge on any atom is 0.303 e. The number of amides is 2. The van der Waals surface area contributed by atoms with E-state index in [1.807, 2.05) is 0 Å². The minimum atomic E-state index is -0.707. The first-order valence-corrected chi connectivity index (χ1v) is 14.7. The van der Waals surface area contributed by atoms with Gasteiger partial charge in [-0.25, -0.2) is 0 Å². The van der Waals surface area contributed by atoms with Crippen LogP contribution in [-0.4, -0.2) is 35.5 Å². The van der Waals surface area contributed by atoms with Gasteiger partial charge in [0.25, 0.3) is 0 Å². The van der Waals surface area contributed by atoms with Gasteiger partial charge in [-0.15, -0.1) is 0 Å². The van der Waals surface area contributed by atoms with Gasteiger partial charge in [-0.05, 0) is 31.6 Å². The summed E-state index contributed by atoms with van der Waals surface area (Å²) in [5.41, 5.74) is 0. The van der Waals surface area contributed by atoms with E-state index in [4.69, 9.17) is 5.11 Å². The van der Waals surface area contributed by atoms with Crippen LogP contribution >= 0.6 is 0 Å². The molecular formula is C29H56N2O4. The van der Waals surface area contributed by atoms with E-state index in [2.05, 4.69) is 31.4 Å². The molecule has 0 aliphatic rings. The highest BCUT2D eigenvalue weighted by molar-refractivity contribution is 5.87. The summed E-state index contributed by atoms with van der Waals surface area (Å²) in [6, 6.07) is -0.438. The molecule has 1 atom stereocenters. The monoisotopic (exact) mass is 496 g/mol. The molecule has 3 N–H and O–H groups in total. The van der Waals surface area contributed by atoms with Gasteiger partial charge in [0.2, 0.25) is 11.8 Å². The number of unbranched alkanes of at least 4 members (excludes halogenated alkanes) is 15. The number of nitrogens with one attached hydrogen (secondary N) is 2. The van der Waals surface area contributed by atoms with Crippen molar-refractivity contribution in [2.45, 2.75) is 155 Å². The van der Waals surface area contributed by atoms with Crippen LogP contribution in [-0.2, 0) is 14.4 Å². The fourth-order valence-electron chi connectivity index (χ4n) is 4.36. The van der Waals surface area contributed by atoms with Crippen molar-refractivity contribution in [3.8, 4) is 0 Å². The van der Waals surface area contributed by atoms with Gasteiger partial charge in [-0.2, -0.15) is 0 Å². The van der Waals surface area contributed by atoms with Gasteiger partial charge < -0.3 is 15.7 Å². The Bertz CT molecular complexity index is 537. The van der Waals surface area contributed by atoms with Crippen LogP contribution < -0.4 is 10.6 Å². The second-order valence-corrected chi connectivity index (χ2v) is 10.6. The number of carbonyl (C=O) groups excluding carboxylic acids is 2. The molecule has 0 rings (SSSR count). The molecule has 0 radical (unpaired) electrons. The van der Waals surface area contributed by atoms with E-state index in [9.17, 15) is 14.4 Å². The van der Waals surface area contributed by atoms with Crippen LogP contribution in [0.4, 0.5) is 0 Å². The zero-order valence-electron chi connectivity index (χ0n) is 23.2. The molecule has 0 aliphatic heterocycles. The van der Waals surface area contributed by atoms with Crippen molar-refractivity contribution in [3.63, 3.8) is 0 Å². The average molecular weight is 497 g/mol. The van der Waals surface area contributed by atoms with E-state index in [1.165, 1.54) is 44.9 Å². The predicted molar refractivity (Wildman–Crippen MR) is 145 cm³/mol. The van der Waals surface area contributed by atoms with Gasteiger partial charge in [0.15, 0.2) is 0 Å². The van der Waals surface area contributed by atoms with Gasteiger partial charge in [-0.1, -0.05) is 111 Å². The minimum absolute atomic E-state index is 0.00268. The summed E-state index contributed by atoms with van der Waals surface area (Å²) in [6.45, 7) is 7.05. The van der Waals surface area contributed by atoms with Crippen molar-refractivity contribution in [1.29, 1.82) is 0 Å². The molecule has 0 heterocycles. The molecule has 0 fully saturated rings. The molecule has 0 unspecified atom stereocenters. The molecule has 35 heavy (non-hydrogen) atoms. The van der Waals surface area contributed by atoms with Crippen LogP contribution in [0.15, 0.2) is 0 Å². The van der Waals surface area contributed by atoms with Crippen molar-refractivity contribution in [3.05, 3.63) is 0 Å². The molecule has 2 amide bonds. The van der Waals surface area contributed by atoms with Gasteiger partial charge in [0, 0.05) is 19.4 Å². The van der Waals surface area contributed by atoms with E-state index in [0.29, 0.717) is 25.3 Å². The zero-order valence-corrected chi connectivity index (χ0v) is 23.2. The largest absolute Gasteiger partial charge is 0.481 e. The number of aliphatic carboxylic acids is 1. The highest BCUT2D eigenvalue weighted by Gasteiger charge is 2.21. The first kappa shape index (κ1) is 33.4. The standard InChI is InChI=1S/C29H56N2O4/c1-4-5-6-7-8-9-12-15-18-21-27(32)31-26(24-25(2)3)29(35)30-23-20-17-14-11-10-13-16-19-22-28(33)34/h25-26H,4-24H2,1-3H3,(H,30,35)(H,31,32)(H,33,34)/t26-/m1/s1. The molecule has 0 aromatic rings. The lowest BCUT2D eigenvalue weighted by molar-refractivity contribution is -0.137. The van der Waals surface area contributed by atoms with Crippen molar-refractivity contribution >= 4 is 17.8 Å². The van der Waals surface area contributed by atoms with Crippen LogP contribution in [0.1, 0.15) is 149 Å². The maximum absolute atomic E-state index is 12.7. The third-order valence-corrected chi connectivity index (χ3v) is 6.48. The van der Waals surface area contributed by atoms with Gasteiger partial charge >= 0.3 is 5.97 Å². The van der Waals surface area contributed by atoms with E-state index in [1.54, 1.807) is 0 Å². The van der Waals surface area contributed by atoms with Crippen molar-refractivity contribution in [2.75, 3.05) is 6.54 Å². The second-order valence-electron chi connectivity index (χ2n) is 10.6. The lowest BCUT2D eigenvalue weighted by Crippen LogP contribution is -2.47. The molecule has 6 heteroatoms. The first-order valence-electron chi connectivity index (χ1n) is 14.7. The summed E-state index contributed by atoms with van der Waals surface area (Å²) in [5.74, 6) is -0.426. The van der Waals surface area contributed by atoms with Crippen molar-refractivity contribution < 1.29 is 19.5 Å². The Balaban J connectivity index is 3.89. The number of rotatable bonds is 25.